The third-order valence-corrected chi connectivity index (χ3v) is 4.14. The number of para-hydroxylation sites is 2. The van der Waals surface area contributed by atoms with Gasteiger partial charge in [-0.3, -0.25) is 0 Å². The van der Waals surface area contributed by atoms with E-state index in [0.29, 0.717) is 0 Å². The molecule has 1 aromatic heterocycles. The van der Waals surface area contributed by atoms with Crippen molar-refractivity contribution in [3.05, 3.63) is 59.1 Å². The minimum absolute atomic E-state index is 1.04. The smallest absolute Gasteiger partial charge is 0.117 e. The Morgan fingerprint density at radius 1 is 0.950 bits per heavy atom. The average molecular weight is 280 g/mol. The number of anilines is 1. The number of hydrogen-bond donors (Lipinski definition) is 0. The summed E-state index contributed by atoms with van der Waals surface area (Å²) in [5.41, 5.74) is 3.49. The van der Waals surface area contributed by atoms with Gasteiger partial charge in [0.05, 0.1) is 10.2 Å². The zero-order chi connectivity index (χ0) is 13.9. The first-order valence-electron chi connectivity index (χ1n) is 6.54. The molecule has 0 bridgehead atoms. The van der Waals surface area contributed by atoms with Crippen molar-refractivity contribution in [2.45, 2.75) is 0 Å². The molecular formula is C17H16N2S. The quantitative estimate of drug-likeness (QED) is 0.700. The molecule has 1 heterocycles. The van der Waals surface area contributed by atoms with E-state index >= 15 is 0 Å². The lowest BCUT2D eigenvalue weighted by Gasteiger charge is -2.15. The standard InChI is InChI=1S/C17H16N2S/c1-19(2)15-9-5-3-7-13(15)11-12-17-18-14-8-4-6-10-16(14)20-17/h3-12H,1-2H3/b12-11+. The SMILES string of the molecule is CN(C)c1ccccc1/C=C/c1nc2ccccc2s1. The normalized spacial score (nSPS) is 11.3. The Morgan fingerprint density at radius 2 is 1.70 bits per heavy atom. The molecule has 0 saturated carbocycles. The van der Waals surface area contributed by atoms with Gasteiger partial charge >= 0.3 is 0 Å². The van der Waals surface area contributed by atoms with Crippen LogP contribution in [-0.4, -0.2) is 19.1 Å². The minimum atomic E-state index is 1.04. The van der Waals surface area contributed by atoms with Gasteiger partial charge in [-0.1, -0.05) is 30.3 Å². The van der Waals surface area contributed by atoms with Crippen LogP contribution in [0.5, 0.6) is 0 Å². The van der Waals surface area contributed by atoms with Gasteiger partial charge in [0.2, 0.25) is 0 Å². The summed E-state index contributed by atoms with van der Waals surface area (Å²) in [4.78, 5) is 6.74. The number of hydrogen-bond acceptors (Lipinski definition) is 3. The highest BCUT2D eigenvalue weighted by Crippen LogP contribution is 2.25. The molecule has 100 valence electrons. The van der Waals surface area contributed by atoms with Gasteiger partial charge in [-0.15, -0.1) is 11.3 Å². The fourth-order valence-corrected chi connectivity index (χ4v) is 3.03. The molecule has 0 amide bonds. The van der Waals surface area contributed by atoms with Gasteiger partial charge < -0.3 is 4.90 Å². The highest BCUT2D eigenvalue weighted by molar-refractivity contribution is 7.19. The Labute approximate surface area is 123 Å². The van der Waals surface area contributed by atoms with Gasteiger partial charge in [-0.05, 0) is 35.9 Å². The van der Waals surface area contributed by atoms with Crippen LogP contribution in [0.1, 0.15) is 10.6 Å². The topological polar surface area (TPSA) is 16.1 Å². The molecule has 2 nitrogen and oxygen atoms in total. The molecule has 3 rings (SSSR count). The van der Waals surface area contributed by atoms with E-state index in [1.54, 1.807) is 11.3 Å². The summed E-state index contributed by atoms with van der Waals surface area (Å²) < 4.78 is 1.23. The Kier molecular flexibility index (Phi) is 3.52. The zero-order valence-corrected chi connectivity index (χ0v) is 12.4. The van der Waals surface area contributed by atoms with Gasteiger partial charge in [0.15, 0.2) is 0 Å². The minimum Gasteiger partial charge on any atom is -0.377 e. The maximum atomic E-state index is 4.62. The molecule has 3 heteroatoms. The second-order valence-electron chi connectivity index (χ2n) is 4.81. The van der Waals surface area contributed by atoms with Crippen molar-refractivity contribution in [1.29, 1.82) is 0 Å². The first-order chi connectivity index (χ1) is 9.74. The molecule has 0 fully saturated rings. The summed E-state index contributed by atoms with van der Waals surface area (Å²) in [6.07, 6.45) is 4.22. The molecule has 2 aromatic carbocycles. The van der Waals surface area contributed by atoms with Crippen LogP contribution in [0.3, 0.4) is 0 Å². The highest BCUT2D eigenvalue weighted by Gasteiger charge is 2.02. The predicted molar refractivity (Wildman–Crippen MR) is 89.3 cm³/mol. The van der Waals surface area contributed by atoms with Crippen molar-refractivity contribution in [3.8, 4) is 0 Å². The van der Waals surface area contributed by atoms with Crippen molar-refractivity contribution >= 4 is 39.4 Å². The van der Waals surface area contributed by atoms with E-state index in [1.165, 1.54) is 16.0 Å². The van der Waals surface area contributed by atoms with E-state index in [1.807, 2.05) is 6.07 Å². The summed E-state index contributed by atoms with van der Waals surface area (Å²) in [6.45, 7) is 0. The maximum Gasteiger partial charge on any atom is 0.117 e. The molecule has 3 aromatic rings. The van der Waals surface area contributed by atoms with Crippen molar-refractivity contribution in [3.63, 3.8) is 0 Å². The van der Waals surface area contributed by atoms with Gasteiger partial charge in [-0.25, -0.2) is 4.98 Å². The summed E-state index contributed by atoms with van der Waals surface area (Å²) >= 11 is 1.72. The van der Waals surface area contributed by atoms with E-state index in [0.717, 1.165) is 10.5 Å². The predicted octanol–water partition coefficient (Wildman–Crippen LogP) is 4.53. The van der Waals surface area contributed by atoms with E-state index < -0.39 is 0 Å². The van der Waals surface area contributed by atoms with Crippen LogP contribution in [0.4, 0.5) is 5.69 Å². The Morgan fingerprint density at radius 3 is 2.50 bits per heavy atom. The van der Waals surface area contributed by atoms with E-state index in [4.69, 9.17) is 0 Å². The summed E-state index contributed by atoms with van der Waals surface area (Å²) in [5.74, 6) is 0. The second-order valence-corrected chi connectivity index (χ2v) is 5.87. The lowest BCUT2D eigenvalue weighted by molar-refractivity contribution is 1.13. The van der Waals surface area contributed by atoms with Gasteiger partial charge in [0.25, 0.3) is 0 Å². The monoisotopic (exact) mass is 280 g/mol. The third kappa shape index (κ3) is 2.58. The van der Waals surface area contributed by atoms with Crippen molar-refractivity contribution in [2.24, 2.45) is 0 Å². The lowest BCUT2D eigenvalue weighted by atomic mass is 10.1. The van der Waals surface area contributed by atoms with Crippen LogP contribution < -0.4 is 4.90 Å². The highest BCUT2D eigenvalue weighted by atomic mass is 32.1. The summed E-state index contributed by atoms with van der Waals surface area (Å²) in [7, 11) is 4.12. The number of rotatable bonds is 3. The fraction of sp³-hybridized carbons (Fsp3) is 0.118. The van der Waals surface area contributed by atoms with E-state index in [2.05, 4.69) is 78.6 Å². The second kappa shape index (κ2) is 5.47. The van der Waals surface area contributed by atoms with Crippen LogP contribution in [0.15, 0.2) is 48.5 Å². The fourth-order valence-electron chi connectivity index (χ4n) is 2.16. The Bertz CT molecular complexity index is 723. The number of benzene rings is 2. The molecule has 0 spiro atoms. The molecule has 0 saturated heterocycles. The first kappa shape index (κ1) is 12.9. The summed E-state index contributed by atoms with van der Waals surface area (Å²) in [5, 5.41) is 1.04. The average Bonchev–Trinajstić information content (AvgIpc) is 2.88. The largest absolute Gasteiger partial charge is 0.377 e. The van der Waals surface area contributed by atoms with Crippen LogP contribution >= 0.6 is 11.3 Å². The van der Waals surface area contributed by atoms with E-state index in [9.17, 15) is 0 Å². The Hall–Kier alpha value is -2.13. The molecule has 0 radical (unpaired) electrons. The number of aromatic nitrogens is 1. The zero-order valence-electron chi connectivity index (χ0n) is 11.6. The summed E-state index contributed by atoms with van der Waals surface area (Å²) in [6, 6.07) is 16.6. The van der Waals surface area contributed by atoms with Gasteiger partial charge in [0, 0.05) is 19.8 Å². The molecule has 0 N–H and O–H groups in total. The van der Waals surface area contributed by atoms with Crippen LogP contribution in [0, 0.1) is 0 Å². The van der Waals surface area contributed by atoms with E-state index in [-0.39, 0.29) is 0 Å². The van der Waals surface area contributed by atoms with Crippen LogP contribution in [-0.2, 0) is 0 Å². The maximum absolute atomic E-state index is 4.62. The lowest BCUT2D eigenvalue weighted by Crippen LogP contribution is -2.09. The molecule has 0 aliphatic carbocycles. The van der Waals surface area contributed by atoms with Crippen molar-refractivity contribution in [1.82, 2.24) is 4.98 Å². The first-order valence-corrected chi connectivity index (χ1v) is 7.36. The molecule has 0 aliphatic rings. The molecular weight excluding hydrogens is 264 g/mol. The van der Waals surface area contributed by atoms with Gasteiger partial charge in [-0.2, -0.15) is 0 Å². The van der Waals surface area contributed by atoms with Crippen molar-refractivity contribution in [2.75, 3.05) is 19.0 Å². The van der Waals surface area contributed by atoms with Crippen LogP contribution in [0.2, 0.25) is 0 Å². The molecule has 0 atom stereocenters. The van der Waals surface area contributed by atoms with Crippen molar-refractivity contribution < 1.29 is 0 Å². The van der Waals surface area contributed by atoms with Crippen LogP contribution in [0.25, 0.3) is 22.4 Å². The molecule has 20 heavy (non-hydrogen) atoms. The molecule has 0 aliphatic heterocycles. The van der Waals surface area contributed by atoms with Gasteiger partial charge in [0.1, 0.15) is 5.01 Å². The number of fused-ring (bicyclic) bond motifs is 1. The molecule has 0 unspecified atom stereocenters. The number of nitrogens with zero attached hydrogens (tertiary/aromatic N) is 2. The third-order valence-electron chi connectivity index (χ3n) is 3.13. The Balaban J connectivity index is 1.94. The number of thiazole rings is 1.